The van der Waals surface area contributed by atoms with Crippen molar-refractivity contribution < 1.29 is 0 Å². The molecule has 0 amide bonds. The van der Waals surface area contributed by atoms with E-state index in [1.54, 1.807) is 16.8 Å². The Balaban J connectivity index is 1.86. The number of aryl methyl sites for hydroxylation is 1. The van der Waals surface area contributed by atoms with Crippen molar-refractivity contribution in [2.24, 2.45) is 10.2 Å². The molecule has 0 bridgehead atoms. The summed E-state index contributed by atoms with van der Waals surface area (Å²) in [6.45, 7) is 1.91. The van der Waals surface area contributed by atoms with Gasteiger partial charge in [-0.25, -0.2) is 4.68 Å². The Bertz CT molecular complexity index is 757. The van der Waals surface area contributed by atoms with Gasteiger partial charge in [0.1, 0.15) is 5.69 Å². The van der Waals surface area contributed by atoms with Gasteiger partial charge in [-0.05, 0) is 43.3 Å². The fourth-order valence-electron chi connectivity index (χ4n) is 1.91. The van der Waals surface area contributed by atoms with E-state index in [1.165, 1.54) is 0 Å². The molecule has 0 aliphatic heterocycles. The molecule has 1 heterocycles. The van der Waals surface area contributed by atoms with E-state index in [2.05, 4.69) is 15.3 Å². The minimum Gasteiger partial charge on any atom is -0.399 e. The van der Waals surface area contributed by atoms with Crippen LogP contribution in [0.1, 0.15) is 5.69 Å². The van der Waals surface area contributed by atoms with Crippen LogP contribution in [0.15, 0.2) is 71.0 Å². The number of para-hydroxylation sites is 1. The second-order valence-corrected chi connectivity index (χ2v) is 4.67. The first kappa shape index (κ1) is 13.1. The third-order valence-corrected chi connectivity index (χ3v) is 3.06. The largest absolute Gasteiger partial charge is 0.399 e. The highest BCUT2D eigenvalue weighted by atomic mass is 15.3. The lowest BCUT2D eigenvalue weighted by Crippen LogP contribution is -1.93. The van der Waals surface area contributed by atoms with E-state index in [1.807, 2.05) is 55.6 Å². The molecule has 2 N–H and O–H groups in total. The number of anilines is 1. The zero-order valence-corrected chi connectivity index (χ0v) is 11.6. The average molecular weight is 277 g/mol. The molecule has 3 aromatic rings. The Labute approximate surface area is 122 Å². The molecule has 104 valence electrons. The topological polar surface area (TPSA) is 68.6 Å². The average Bonchev–Trinajstić information content (AvgIpc) is 2.89. The number of hydrogen-bond acceptors (Lipinski definition) is 4. The molecule has 0 atom stereocenters. The van der Waals surface area contributed by atoms with Crippen LogP contribution in [0.3, 0.4) is 0 Å². The summed E-state index contributed by atoms with van der Waals surface area (Å²) in [4.78, 5) is 0. The molecule has 0 aliphatic carbocycles. The zero-order chi connectivity index (χ0) is 14.7. The van der Waals surface area contributed by atoms with Gasteiger partial charge in [0.15, 0.2) is 0 Å². The molecule has 0 fully saturated rings. The molecule has 3 rings (SSSR count). The van der Waals surface area contributed by atoms with Crippen LogP contribution in [0.4, 0.5) is 17.1 Å². The van der Waals surface area contributed by atoms with E-state index in [-0.39, 0.29) is 0 Å². The number of nitrogens with zero attached hydrogens (tertiary/aromatic N) is 4. The van der Waals surface area contributed by atoms with Gasteiger partial charge in [-0.2, -0.15) is 10.2 Å². The summed E-state index contributed by atoms with van der Waals surface area (Å²) in [6, 6.07) is 17.2. The minimum atomic E-state index is 0.710. The lowest BCUT2D eigenvalue weighted by Gasteiger charge is -1.98. The van der Waals surface area contributed by atoms with Crippen LogP contribution in [0, 0.1) is 6.92 Å². The predicted octanol–water partition coefficient (Wildman–Crippen LogP) is 4.18. The summed E-state index contributed by atoms with van der Waals surface area (Å²) in [5, 5.41) is 12.9. The Hall–Kier alpha value is -2.95. The third-order valence-electron chi connectivity index (χ3n) is 3.06. The Kier molecular flexibility index (Phi) is 3.47. The van der Waals surface area contributed by atoms with Gasteiger partial charge in [0.25, 0.3) is 0 Å². The van der Waals surface area contributed by atoms with Crippen LogP contribution >= 0.6 is 0 Å². The summed E-state index contributed by atoms with van der Waals surface area (Å²) in [5.74, 6) is 0. The van der Waals surface area contributed by atoms with Gasteiger partial charge in [0, 0.05) is 5.69 Å². The molecule has 21 heavy (non-hydrogen) atoms. The first-order valence-corrected chi connectivity index (χ1v) is 6.61. The van der Waals surface area contributed by atoms with Crippen molar-refractivity contribution in [2.45, 2.75) is 6.92 Å². The van der Waals surface area contributed by atoms with Crippen molar-refractivity contribution in [1.82, 2.24) is 9.78 Å². The summed E-state index contributed by atoms with van der Waals surface area (Å²) in [6.07, 6.45) is 1.87. The number of azo groups is 1. The molecule has 0 aliphatic rings. The Morgan fingerprint density at radius 2 is 1.67 bits per heavy atom. The summed E-state index contributed by atoms with van der Waals surface area (Å²) in [7, 11) is 0. The van der Waals surface area contributed by atoms with Gasteiger partial charge >= 0.3 is 0 Å². The zero-order valence-electron chi connectivity index (χ0n) is 11.6. The van der Waals surface area contributed by atoms with Crippen molar-refractivity contribution in [3.05, 3.63) is 66.5 Å². The van der Waals surface area contributed by atoms with Gasteiger partial charge in [-0.15, -0.1) is 5.11 Å². The van der Waals surface area contributed by atoms with Crippen molar-refractivity contribution in [3.8, 4) is 5.69 Å². The van der Waals surface area contributed by atoms with E-state index in [0.717, 1.165) is 22.8 Å². The minimum absolute atomic E-state index is 0.710. The molecule has 0 saturated carbocycles. The van der Waals surface area contributed by atoms with Gasteiger partial charge in [-0.1, -0.05) is 18.2 Å². The maximum absolute atomic E-state index is 5.64. The molecule has 0 saturated heterocycles. The molecule has 1 aromatic heterocycles. The van der Waals surface area contributed by atoms with E-state index >= 15 is 0 Å². The fourth-order valence-corrected chi connectivity index (χ4v) is 1.91. The van der Waals surface area contributed by atoms with Crippen LogP contribution in [0.25, 0.3) is 5.69 Å². The Morgan fingerprint density at radius 1 is 0.952 bits per heavy atom. The molecule has 0 unspecified atom stereocenters. The molecule has 5 nitrogen and oxygen atoms in total. The van der Waals surface area contributed by atoms with E-state index in [4.69, 9.17) is 5.73 Å². The lowest BCUT2D eigenvalue weighted by molar-refractivity contribution is 0.863. The molecular formula is C16H15N5. The van der Waals surface area contributed by atoms with Crippen LogP contribution in [-0.4, -0.2) is 9.78 Å². The fraction of sp³-hybridized carbons (Fsp3) is 0.0625. The van der Waals surface area contributed by atoms with Gasteiger partial charge in [-0.3, -0.25) is 0 Å². The molecular weight excluding hydrogens is 262 g/mol. The molecule has 0 spiro atoms. The van der Waals surface area contributed by atoms with Crippen LogP contribution < -0.4 is 5.73 Å². The van der Waals surface area contributed by atoms with E-state index in [0.29, 0.717) is 5.69 Å². The Morgan fingerprint density at radius 3 is 2.38 bits per heavy atom. The summed E-state index contributed by atoms with van der Waals surface area (Å²) in [5.41, 5.74) is 9.68. The second kappa shape index (κ2) is 5.58. The monoisotopic (exact) mass is 277 g/mol. The highest BCUT2D eigenvalue weighted by Crippen LogP contribution is 2.23. The van der Waals surface area contributed by atoms with Crippen LogP contribution in [0.5, 0.6) is 0 Å². The number of rotatable bonds is 3. The summed E-state index contributed by atoms with van der Waals surface area (Å²) < 4.78 is 1.80. The van der Waals surface area contributed by atoms with Gasteiger partial charge in [0.2, 0.25) is 0 Å². The molecule has 5 heteroatoms. The maximum atomic E-state index is 5.64. The van der Waals surface area contributed by atoms with Crippen LogP contribution in [0.2, 0.25) is 0 Å². The quantitative estimate of drug-likeness (QED) is 0.576. The standard InChI is InChI=1S/C16H15N5/c1-12-16(19-18-14-9-7-13(17)8-10-14)11-21(20-12)15-5-3-2-4-6-15/h2-11H,17H2,1H3. The SMILES string of the molecule is Cc1nn(-c2ccccc2)cc1N=Nc1ccc(N)cc1. The highest BCUT2D eigenvalue weighted by Gasteiger charge is 2.05. The molecule has 0 radical (unpaired) electrons. The normalized spacial score (nSPS) is 11.1. The highest BCUT2D eigenvalue weighted by molar-refractivity contribution is 5.48. The smallest absolute Gasteiger partial charge is 0.127 e. The maximum Gasteiger partial charge on any atom is 0.127 e. The lowest BCUT2D eigenvalue weighted by atomic mass is 10.3. The third kappa shape index (κ3) is 2.97. The van der Waals surface area contributed by atoms with E-state index < -0.39 is 0 Å². The van der Waals surface area contributed by atoms with Crippen molar-refractivity contribution in [3.63, 3.8) is 0 Å². The van der Waals surface area contributed by atoms with Crippen molar-refractivity contribution >= 4 is 17.1 Å². The van der Waals surface area contributed by atoms with Crippen LogP contribution in [-0.2, 0) is 0 Å². The van der Waals surface area contributed by atoms with Crippen molar-refractivity contribution in [2.75, 3.05) is 5.73 Å². The summed E-state index contributed by atoms with van der Waals surface area (Å²) >= 11 is 0. The number of hydrogen-bond donors (Lipinski definition) is 1. The number of nitrogens with two attached hydrogens (primary N) is 1. The molecule has 2 aromatic carbocycles. The first-order valence-electron chi connectivity index (χ1n) is 6.61. The van der Waals surface area contributed by atoms with E-state index in [9.17, 15) is 0 Å². The van der Waals surface area contributed by atoms with Gasteiger partial charge in [0.05, 0.1) is 23.3 Å². The number of nitrogen functional groups attached to an aromatic ring is 1. The number of benzene rings is 2. The first-order chi connectivity index (χ1) is 10.2. The second-order valence-electron chi connectivity index (χ2n) is 4.67. The number of aromatic nitrogens is 2. The van der Waals surface area contributed by atoms with Crippen molar-refractivity contribution in [1.29, 1.82) is 0 Å². The predicted molar refractivity (Wildman–Crippen MR) is 83.3 cm³/mol. The van der Waals surface area contributed by atoms with Gasteiger partial charge < -0.3 is 5.73 Å².